The second-order valence-corrected chi connectivity index (χ2v) is 5.87. The van der Waals surface area contributed by atoms with Gasteiger partial charge in [0.05, 0.1) is 35.1 Å². The van der Waals surface area contributed by atoms with E-state index < -0.39 is 4.92 Å². The summed E-state index contributed by atoms with van der Waals surface area (Å²) >= 11 is 3.34. The van der Waals surface area contributed by atoms with Crippen LogP contribution in [-0.4, -0.2) is 35.6 Å². The lowest BCUT2D eigenvalue weighted by atomic mass is 10.2. The number of carbonyl (C=O) groups excluding carboxylic acids is 1. The summed E-state index contributed by atoms with van der Waals surface area (Å²) in [5.41, 5.74) is 1.51. The van der Waals surface area contributed by atoms with Crippen LogP contribution < -0.4 is 16.0 Å². The van der Waals surface area contributed by atoms with E-state index in [4.69, 9.17) is 5.11 Å². The van der Waals surface area contributed by atoms with E-state index >= 15 is 0 Å². The molecular formula is C16H17BrN4O4. The quantitative estimate of drug-likeness (QED) is 0.394. The normalized spacial score (nSPS) is 10.2. The molecule has 0 saturated carbocycles. The van der Waals surface area contributed by atoms with Gasteiger partial charge in [0.25, 0.3) is 5.69 Å². The number of carbonyl (C=O) groups is 1. The fraction of sp³-hybridized carbons (Fsp3) is 0.188. The van der Waals surface area contributed by atoms with Crippen molar-refractivity contribution in [2.75, 3.05) is 35.6 Å². The van der Waals surface area contributed by atoms with Crippen LogP contribution in [0, 0.1) is 10.1 Å². The Kier molecular flexibility index (Phi) is 6.72. The number of non-ortho nitro benzene ring substituents is 1. The lowest BCUT2D eigenvalue weighted by molar-refractivity contribution is -0.384. The molecule has 0 aliphatic rings. The van der Waals surface area contributed by atoms with E-state index in [1.165, 1.54) is 18.2 Å². The summed E-state index contributed by atoms with van der Waals surface area (Å²) in [6, 6.07) is 11.4. The maximum absolute atomic E-state index is 12.1. The van der Waals surface area contributed by atoms with E-state index in [1.54, 1.807) is 18.2 Å². The average molecular weight is 409 g/mol. The molecule has 0 heterocycles. The van der Waals surface area contributed by atoms with Crippen molar-refractivity contribution in [2.24, 2.45) is 0 Å². The smallest absolute Gasteiger partial charge is 0.271 e. The molecular weight excluding hydrogens is 392 g/mol. The van der Waals surface area contributed by atoms with Crippen molar-refractivity contribution >= 4 is 44.6 Å². The highest BCUT2D eigenvalue weighted by atomic mass is 79.9. The number of anilines is 3. The molecule has 9 heteroatoms. The summed E-state index contributed by atoms with van der Waals surface area (Å²) < 4.78 is 0.754. The Morgan fingerprint density at radius 3 is 2.56 bits per heavy atom. The molecule has 1 amide bonds. The van der Waals surface area contributed by atoms with Crippen LogP contribution in [0.15, 0.2) is 46.9 Å². The van der Waals surface area contributed by atoms with Crippen LogP contribution in [0.1, 0.15) is 0 Å². The van der Waals surface area contributed by atoms with Crippen molar-refractivity contribution in [3.05, 3.63) is 57.1 Å². The maximum Gasteiger partial charge on any atom is 0.271 e. The number of nitrogens with zero attached hydrogens (tertiary/aromatic N) is 1. The Morgan fingerprint density at radius 1 is 1.12 bits per heavy atom. The monoisotopic (exact) mass is 408 g/mol. The largest absolute Gasteiger partial charge is 0.395 e. The first kappa shape index (κ1) is 18.7. The van der Waals surface area contributed by atoms with Crippen LogP contribution in [0.25, 0.3) is 0 Å². The van der Waals surface area contributed by atoms with Crippen molar-refractivity contribution < 1.29 is 14.8 Å². The fourth-order valence-electron chi connectivity index (χ4n) is 2.07. The number of nitro benzene ring substituents is 1. The Labute approximate surface area is 152 Å². The minimum absolute atomic E-state index is 0.0731. The molecule has 0 saturated heterocycles. The number of hydrogen-bond acceptors (Lipinski definition) is 6. The van der Waals surface area contributed by atoms with Gasteiger partial charge in [-0.15, -0.1) is 0 Å². The number of halogens is 1. The summed E-state index contributed by atoms with van der Waals surface area (Å²) in [4.78, 5) is 22.5. The second kappa shape index (κ2) is 9.00. The lowest BCUT2D eigenvalue weighted by Crippen LogP contribution is -2.22. The lowest BCUT2D eigenvalue weighted by Gasteiger charge is -2.13. The van der Waals surface area contributed by atoms with Crippen molar-refractivity contribution in [2.45, 2.75) is 0 Å². The van der Waals surface area contributed by atoms with E-state index in [0.29, 0.717) is 17.1 Å². The van der Waals surface area contributed by atoms with Crippen LogP contribution in [0.5, 0.6) is 0 Å². The van der Waals surface area contributed by atoms with E-state index in [0.717, 1.165) is 4.47 Å². The van der Waals surface area contributed by atoms with Gasteiger partial charge < -0.3 is 21.1 Å². The first-order chi connectivity index (χ1) is 12.0. The number of amides is 1. The minimum Gasteiger partial charge on any atom is -0.395 e. The third kappa shape index (κ3) is 5.44. The maximum atomic E-state index is 12.1. The van der Waals surface area contributed by atoms with E-state index in [-0.39, 0.29) is 31.3 Å². The number of aliphatic hydroxyl groups is 1. The molecule has 0 fully saturated rings. The van der Waals surface area contributed by atoms with Crippen LogP contribution in [0.3, 0.4) is 0 Å². The molecule has 0 spiro atoms. The standard InChI is InChI=1S/C16H17BrN4O4/c17-12-3-1-2-4-13(12)20-16(23)10-19-15-9-11(21(24)25)5-6-14(15)18-7-8-22/h1-6,9,18-19,22H,7-8,10H2,(H,20,23). The van der Waals surface area contributed by atoms with Gasteiger partial charge in [-0.1, -0.05) is 12.1 Å². The predicted octanol–water partition coefficient (Wildman–Crippen LogP) is 2.81. The Balaban J connectivity index is 2.07. The van der Waals surface area contributed by atoms with Gasteiger partial charge in [-0.2, -0.15) is 0 Å². The molecule has 0 bridgehead atoms. The summed E-state index contributed by atoms with van der Waals surface area (Å²) in [6.45, 7) is 0.130. The first-order valence-corrected chi connectivity index (χ1v) is 8.22. The molecule has 2 aromatic rings. The van der Waals surface area contributed by atoms with Crippen molar-refractivity contribution in [1.82, 2.24) is 0 Å². The SMILES string of the molecule is O=C(CNc1cc([N+](=O)[O-])ccc1NCCO)Nc1ccccc1Br. The number of aliphatic hydroxyl groups excluding tert-OH is 1. The first-order valence-electron chi connectivity index (χ1n) is 7.42. The molecule has 0 atom stereocenters. The highest BCUT2D eigenvalue weighted by Crippen LogP contribution is 2.27. The van der Waals surface area contributed by atoms with E-state index in [1.807, 2.05) is 6.07 Å². The topological polar surface area (TPSA) is 117 Å². The predicted molar refractivity (Wildman–Crippen MR) is 99.9 cm³/mol. The van der Waals surface area contributed by atoms with Gasteiger partial charge in [-0.25, -0.2) is 0 Å². The number of nitrogens with one attached hydrogen (secondary N) is 3. The van der Waals surface area contributed by atoms with Gasteiger partial charge in [-0.05, 0) is 34.1 Å². The summed E-state index contributed by atoms with van der Waals surface area (Å²) in [7, 11) is 0. The Hall–Kier alpha value is -2.65. The molecule has 0 aliphatic carbocycles. The fourth-order valence-corrected chi connectivity index (χ4v) is 2.45. The highest BCUT2D eigenvalue weighted by Gasteiger charge is 2.12. The van der Waals surface area contributed by atoms with Gasteiger partial charge in [0.2, 0.25) is 5.91 Å². The molecule has 132 valence electrons. The van der Waals surface area contributed by atoms with Crippen LogP contribution in [-0.2, 0) is 4.79 Å². The molecule has 25 heavy (non-hydrogen) atoms. The average Bonchev–Trinajstić information content (AvgIpc) is 2.60. The number of rotatable bonds is 8. The van der Waals surface area contributed by atoms with Gasteiger partial charge in [0, 0.05) is 23.2 Å². The Morgan fingerprint density at radius 2 is 1.88 bits per heavy atom. The number of benzene rings is 2. The third-order valence-electron chi connectivity index (χ3n) is 3.23. The molecule has 0 unspecified atom stereocenters. The number of para-hydroxylation sites is 1. The molecule has 2 rings (SSSR count). The van der Waals surface area contributed by atoms with Crippen LogP contribution >= 0.6 is 15.9 Å². The zero-order valence-corrected chi connectivity index (χ0v) is 14.7. The van der Waals surface area contributed by atoms with Gasteiger partial charge in [0.15, 0.2) is 0 Å². The molecule has 0 aromatic heterocycles. The number of hydrogen-bond donors (Lipinski definition) is 4. The number of nitro groups is 1. The summed E-state index contributed by atoms with van der Waals surface area (Å²) in [6.07, 6.45) is 0. The van der Waals surface area contributed by atoms with Crippen LogP contribution in [0.2, 0.25) is 0 Å². The van der Waals surface area contributed by atoms with Gasteiger partial charge >= 0.3 is 0 Å². The molecule has 8 nitrogen and oxygen atoms in total. The van der Waals surface area contributed by atoms with Crippen molar-refractivity contribution in [3.8, 4) is 0 Å². The zero-order chi connectivity index (χ0) is 18.2. The summed E-state index contributed by atoms with van der Waals surface area (Å²) in [5.74, 6) is -0.300. The molecule has 0 aliphatic heterocycles. The summed E-state index contributed by atoms with van der Waals surface area (Å²) in [5, 5.41) is 28.4. The van der Waals surface area contributed by atoms with Crippen molar-refractivity contribution in [3.63, 3.8) is 0 Å². The van der Waals surface area contributed by atoms with Crippen molar-refractivity contribution in [1.29, 1.82) is 0 Å². The van der Waals surface area contributed by atoms with Crippen LogP contribution in [0.4, 0.5) is 22.7 Å². The Bertz CT molecular complexity index is 770. The zero-order valence-electron chi connectivity index (χ0n) is 13.2. The van der Waals surface area contributed by atoms with E-state index in [9.17, 15) is 14.9 Å². The minimum atomic E-state index is -0.512. The molecule has 0 radical (unpaired) electrons. The van der Waals surface area contributed by atoms with Gasteiger partial charge in [-0.3, -0.25) is 14.9 Å². The second-order valence-electron chi connectivity index (χ2n) is 5.02. The third-order valence-corrected chi connectivity index (χ3v) is 3.92. The molecule has 2 aromatic carbocycles. The van der Waals surface area contributed by atoms with E-state index in [2.05, 4.69) is 31.9 Å². The van der Waals surface area contributed by atoms with Gasteiger partial charge in [0.1, 0.15) is 0 Å². The molecule has 4 N–H and O–H groups in total. The highest BCUT2D eigenvalue weighted by molar-refractivity contribution is 9.10.